The molecule has 1 aliphatic carbocycles. The van der Waals surface area contributed by atoms with E-state index in [0.717, 1.165) is 12.2 Å². The Morgan fingerprint density at radius 1 is 1.28 bits per heavy atom. The maximum absolute atomic E-state index is 12.0. The molecule has 4 rings (SSSR count). The van der Waals surface area contributed by atoms with Crippen molar-refractivity contribution in [3.63, 3.8) is 0 Å². The maximum atomic E-state index is 12.0. The van der Waals surface area contributed by atoms with Gasteiger partial charge in [-0.2, -0.15) is 0 Å². The number of hydrogen-bond acceptors (Lipinski definition) is 1. The first kappa shape index (κ1) is 10.2. The first-order valence-electron chi connectivity index (χ1n) is 6.60. The number of nitrogens with one attached hydrogen (secondary N) is 1. The highest BCUT2D eigenvalue weighted by atomic mass is 16.2. The predicted octanol–water partition coefficient (Wildman–Crippen LogP) is 2.57. The van der Waals surface area contributed by atoms with Crippen molar-refractivity contribution < 1.29 is 4.79 Å². The number of fused-ring (bicyclic) bond motifs is 4. The fourth-order valence-corrected chi connectivity index (χ4v) is 3.39. The summed E-state index contributed by atoms with van der Waals surface area (Å²) in [6.07, 6.45) is 3.62. The van der Waals surface area contributed by atoms with Crippen molar-refractivity contribution in [2.75, 3.05) is 6.54 Å². The molecular weight excluding hydrogens is 224 g/mol. The summed E-state index contributed by atoms with van der Waals surface area (Å²) < 4.78 is 2.30. The second kappa shape index (κ2) is 3.16. The lowest BCUT2D eigenvalue weighted by atomic mass is 9.75. The number of benzene rings is 1. The van der Waals surface area contributed by atoms with Crippen LogP contribution in [0, 0.1) is 6.92 Å². The van der Waals surface area contributed by atoms with Crippen LogP contribution in [0.15, 0.2) is 24.3 Å². The smallest absolute Gasteiger partial charge is 0.268 e. The van der Waals surface area contributed by atoms with Gasteiger partial charge in [0, 0.05) is 17.4 Å². The molecular formula is C15H16N2O. The van der Waals surface area contributed by atoms with E-state index in [9.17, 15) is 4.79 Å². The molecule has 1 aromatic carbocycles. The van der Waals surface area contributed by atoms with Crippen LogP contribution in [-0.2, 0) is 5.54 Å². The van der Waals surface area contributed by atoms with Crippen LogP contribution >= 0.6 is 0 Å². The van der Waals surface area contributed by atoms with Gasteiger partial charge in [0.05, 0.1) is 5.54 Å². The highest BCUT2D eigenvalue weighted by molar-refractivity contribution is 6.00. The lowest BCUT2D eigenvalue weighted by Crippen LogP contribution is -2.55. The number of aryl methyl sites for hydroxylation is 1. The summed E-state index contributed by atoms with van der Waals surface area (Å²) in [5.74, 6) is 0.0707. The van der Waals surface area contributed by atoms with Crippen LogP contribution in [0.5, 0.6) is 0 Å². The molecule has 3 nitrogen and oxygen atoms in total. The number of rotatable bonds is 0. The Balaban J connectivity index is 2.08. The Kier molecular flexibility index (Phi) is 1.79. The summed E-state index contributed by atoms with van der Waals surface area (Å²) in [5.41, 5.74) is 3.46. The van der Waals surface area contributed by atoms with Crippen molar-refractivity contribution in [1.29, 1.82) is 0 Å². The summed E-state index contributed by atoms with van der Waals surface area (Å²) in [6, 6.07) is 8.47. The average Bonchev–Trinajstić information content (AvgIpc) is 2.68. The molecule has 0 saturated heterocycles. The van der Waals surface area contributed by atoms with Gasteiger partial charge in [0.15, 0.2) is 0 Å². The molecule has 2 aliphatic rings. The summed E-state index contributed by atoms with van der Waals surface area (Å²) >= 11 is 0. The monoisotopic (exact) mass is 240 g/mol. The highest BCUT2D eigenvalue weighted by Gasteiger charge is 2.44. The number of carbonyl (C=O) groups excluding carboxylic acids is 1. The van der Waals surface area contributed by atoms with Gasteiger partial charge in [0.2, 0.25) is 0 Å². The predicted molar refractivity (Wildman–Crippen MR) is 70.8 cm³/mol. The van der Waals surface area contributed by atoms with Gasteiger partial charge in [-0.1, -0.05) is 12.1 Å². The van der Waals surface area contributed by atoms with Crippen molar-refractivity contribution in [1.82, 2.24) is 9.88 Å². The van der Waals surface area contributed by atoms with E-state index in [0.29, 0.717) is 0 Å². The Labute approximate surface area is 106 Å². The van der Waals surface area contributed by atoms with Crippen molar-refractivity contribution >= 4 is 16.8 Å². The normalized spacial score (nSPS) is 20.6. The molecule has 1 spiro atoms. The topological polar surface area (TPSA) is 34.0 Å². The van der Waals surface area contributed by atoms with Crippen LogP contribution in [0.4, 0.5) is 0 Å². The van der Waals surface area contributed by atoms with Gasteiger partial charge in [-0.05, 0) is 43.9 Å². The molecule has 1 aromatic heterocycles. The van der Waals surface area contributed by atoms with Crippen LogP contribution in [0.3, 0.4) is 0 Å². The van der Waals surface area contributed by atoms with E-state index in [1.807, 2.05) is 6.07 Å². The summed E-state index contributed by atoms with van der Waals surface area (Å²) in [4.78, 5) is 12.0. The van der Waals surface area contributed by atoms with E-state index in [-0.39, 0.29) is 11.4 Å². The number of amides is 1. The molecule has 1 N–H and O–H groups in total. The van der Waals surface area contributed by atoms with E-state index in [1.165, 1.54) is 35.7 Å². The molecule has 1 amide bonds. The molecule has 1 fully saturated rings. The fraction of sp³-hybridized carbons (Fsp3) is 0.400. The van der Waals surface area contributed by atoms with E-state index in [2.05, 4.69) is 35.0 Å². The standard InChI is InChI=1S/C15H16N2O/c1-10-3-4-11-8-13-14(18)16-9-15(5-2-6-15)17(13)12(11)7-10/h3-4,7-8H,2,5-6,9H2,1H3,(H,16,18). The van der Waals surface area contributed by atoms with Crippen LogP contribution in [-0.4, -0.2) is 17.0 Å². The minimum atomic E-state index is 0.0707. The van der Waals surface area contributed by atoms with Crippen molar-refractivity contribution in [2.45, 2.75) is 31.7 Å². The van der Waals surface area contributed by atoms with E-state index < -0.39 is 0 Å². The van der Waals surface area contributed by atoms with E-state index >= 15 is 0 Å². The van der Waals surface area contributed by atoms with Crippen LogP contribution < -0.4 is 5.32 Å². The fourth-order valence-electron chi connectivity index (χ4n) is 3.39. The van der Waals surface area contributed by atoms with Crippen molar-refractivity contribution in [2.24, 2.45) is 0 Å². The summed E-state index contributed by atoms with van der Waals surface area (Å²) in [5, 5.41) is 4.23. The second-order valence-corrected chi connectivity index (χ2v) is 5.69. The highest BCUT2D eigenvalue weighted by Crippen LogP contribution is 2.44. The zero-order chi connectivity index (χ0) is 12.3. The van der Waals surface area contributed by atoms with Crippen molar-refractivity contribution in [3.8, 4) is 0 Å². The molecule has 1 saturated carbocycles. The third kappa shape index (κ3) is 1.12. The lowest BCUT2D eigenvalue weighted by molar-refractivity contribution is 0.0763. The molecule has 1 aliphatic heterocycles. The maximum Gasteiger partial charge on any atom is 0.268 e. The van der Waals surface area contributed by atoms with Gasteiger partial charge in [0.1, 0.15) is 5.69 Å². The van der Waals surface area contributed by atoms with Gasteiger partial charge in [0.25, 0.3) is 5.91 Å². The Morgan fingerprint density at radius 3 is 2.83 bits per heavy atom. The molecule has 0 atom stereocenters. The Bertz CT molecular complexity index is 664. The molecule has 0 radical (unpaired) electrons. The molecule has 2 aromatic rings. The zero-order valence-corrected chi connectivity index (χ0v) is 10.5. The van der Waals surface area contributed by atoms with Crippen molar-refractivity contribution in [3.05, 3.63) is 35.5 Å². The lowest BCUT2D eigenvalue weighted by Gasteiger charge is -2.47. The molecule has 92 valence electrons. The molecule has 2 heterocycles. The van der Waals surface area contributed by atoms with Crippen LogP contribution in [0.1, 0.15) is 35.3 Å². The largest absolute Gasteiger partial charge is 0.348 e. The van der Waals surface area contributed by atoms with Gasteiger partial charge in [-0.25, -0.2) is 0 Å². The van der Waals surface area contributed by atoms with Crippen LogP contribution in [0.25, 0.3) is 10.9 Å². The molecule has 0 bridgehead atoms. The third-order valence-electron chi connectivity index (χ3n) is 4.53. The minimum Gasteiger partial charge on any atom is -0.348 e. The first-order valence-corrected chi connectivity index (χ1v) is 6.60. The second-order valence-electron chi connectivity index (χ2n) is 5.69. The average molecular weight is 240 g/mol. The SMILES string of the molecule is Cc1ccc2cc3n(c2c1)C1(CCC1)CNC3=O. The van der Waals surface area contributed by atoms with Gasteiger partial charge in [-0.3, -0.25) is 4.79 Å². The molecule has 3 heteroatoms. The van der Waals surface area contributed by atoms with E-state index in [4.69, 9.17) is 0 Å². The third-order valence-corrected chi connectivity index (χ3v) is 4.53. The van der Waals surface area contributed by atoms with Gasteiger partial charge in [-0.15, -0.1) is 0 Å². The number of aromatic nitrogens is 1. The Morgan fingerprint density at radius 2 is 2.11 bits per heavy atom. The number of carbonyl (C=O) groups is 1. The van der Waals surface area contributed by atoms with Crippen LogP contribution in [0.2, 0.25) is 0 Å². The molecule has 0 unspecified atom stereocenters. The number of hydrogen-bond donors (Lipinski definition) is 1. The zero-order valence-electron chi connectivity index (χ0n) is 10.5. The summed E-state index contributed by atoms with van der Waals surface area (Å²) in [7, 11) is 0. The molecule has 18 heavy (non-hydrogen) atoms. The summed E-state index contributed by atoms with van der Waals surface area (Å²) in [6.45, 7) is 2.90. The Hall–Kier alpha value is -1.77. The minimum absolute atomic E-state index is 0.0707. The number of nitrogens with zero attached hydrogens (tertiary/aromatic N) is 1. The quantitative estimate of drug-likeness (QED) is 0.754. The van der Waals surface area contributed by atoms with Gasteiger partial charge >= 0.3 is 0 Å². The first-order chi connectivity index (χ1) is 8.70. The van der Waals surface area contributed by atoms with Gasteiger partial charge < -0.3 is 9.88 Å². The van der Waals surface area contributed by atoms with E-state index in [1.54, 1.807) is 0 Å².